The lowest BCUT2D eigenvalue weighted by atomic mass is 10.2. The molecule has 4 aromatic rings. The van der Waals surface area contributed by atoms with Gasteiger partial charge in [-0.15, -0.1) is 0 Å². The molecule has 7 heteroatoms. The Morgan fingerprint density at radius 1 is 0.964 bits per heavy atom. The van der Waals surface area contributed by atoms with Crippen molar-refractivity contribution in [3.63, 3.8) is 0 Å². The highest BCUT2D eigenvalue weighted by Gasteiger charge is 2.19. The normalized spacial score (nSPS) is 11.2. The molecule has 0 amide bonds. The summed E-state index contributed by atoms with van der Waals surface area (Å²) in [5.41, 5.74) is 3.75. The third kappa shape index (κ3) is 3.16. The van der Waals surface area contributed by atoms with Gasteiger partial charge in [0.05, 0.1) is 11.1 Å². The highest BCUT2D eigenvalue weighted by Crippen LogP contribution is 2.34. The third-order valence-electron chi connectivity index (χ3n) is 4.74. The van der Waals surface area contributed by atoms with Crippen LogP contribution in [-0.2, 0) is 0 Å². The van der Waals surface area contributed by atoms with Gasteiger partial charge in [0, 0.05) is 15.9 Å². The number of fused-ring (bicyclic) bond motifs is 1. The number of hydrogen-bond acceptors (Lipinski definition) is 3. The van der Waals surface area contributed by atoms with Crippen molar-refractivity contribution in [2.24, 2.45) is 0 Å². The van der Waals surface area contributed by atoms with Gasteiger partial charge in [0.15, 0.2) is 5.65 Å². The summed E-state index contributed by atoms with van der Waals surface area (Å²) in [5, 5.41) is 3.91. The number of aryl methyl sites for hydroxylation is 2. The molecule has 1 N–H and O–H groups in total. The largest absolute Gasteiger partial charge is 0.337 e. The lowest BCUT2D eigenvalue weighted by molar-refractivity contribution is 0.627. The van der Waals surface area contributed by atoms with Crippen LogP contribution in [0.25, 0.3) is 16.7 Å². The Morgan fingerprint density at radius 3 is 2.36 bits per heavy atom. The Balaban J connectivity index is 1.94. The van der Waals surface area contributed by atoms with E-state index in [1.165, 1.54) is 18.2 Å². The molecular formula is C21H17BrF2N4. The van der Waals surface area contributed by atoms with Crippen molar-refractivity contribution in [3.05, 3.63) is 75.7 Å². The highest BCUT2D eigenvalue weighted by molar-refractivity contribution is 9.10. The number of aromatic nitrogens is 3. The molecule has 0 saturated heterocycles. The Hall–Kier alpha value is -2.80. The molecule has 4 rings (SSSR count). The molecule has 0 bridgehead atoms. The molecule has 28 heavy (non-hydrogen) atoms. The summed E-state index contributed by atoms with van der Waals surface area (Å²) in [6, 6.07) is 11.1. The molecule has 142 valence electrons. The molecule has 0 saturated carbocycles. The maximum absolute atomic E-state index is 14.3. The molecule has 2 heterocycles. The number of nitrogens with zero attached hydrogens (tertiary/aromatic N) is 3. The molecule has 0 aliphatic rings. The number of nitrogens with one attached hydrogen (secondary N) is 1. The van der Waals surface area contributed by atoms with E-state index in [1.807, 2.05) is 18.4 Å². The molecule has 0 aliphatic carbocycles. The van der Waals surface area contributed by atoms with Gasteiger partial charge < -0.3 is 5.32 Å². The van der Waals surface area contributed by atoms with E-state index in [-0.39, 0.29) is 11.6 Å². The summed E-state index contributed by atoms with van der Waals surface area (Å²) >= 11 is 3.27. The quantitative estimate of drug-likeness (QED) is 0.414. The van der Waals surface area contributed by atoms with Crippen molar-refractivity contribution < 1.29 is 8.78 Å². The number of anilines is 2. The highest BCUT2D eigenvalue weighted by atomic mass is 79.9. The van der Waals surface area contributed by atoms with E-state index < -0.39 is 0 Å². The minimum absolute atomic E-state index is 0.298. The zero-order chi connectivity index (χ0) is 20.0. The van der Waals surface area contributed by atoms with E-state index in [9.17, 15) is 8.78 Å². The maximum atomic E-state index is 14.3. The first-order valence-corrected chi connectivity index (χ1v) is 9.48. The minimum Gasteiger partial charge on any atom is -0.337 e. The van der Waals surface area contributed by atoms with Gasteiger partial charge in [0.25, 0.3) is 0 Å². The maximum Gasteiger partial charge on any atom is 0.150 e. The third-order valence-corrected chi connectivity index (χ3v) is 5.23. The van der Waals surface area contributed by atoms with E-state index in [4.69, 9.17) is 0 Å². The second-order valence-corrected chi connectivity index (χ2v) is 7.51. The summed E-state index contributed by atoms with van der Waals surface area (Å²) in [6.45, 7) is 5.73. The Bertz CT molecular complexity index is 1200. The van der Waals surface area contributed by atoms with Crippen molar-refractivity contribution in [2.45, 2.75) is 20.8 Å². The van der Waals surface area contributed by atoms with Gasteiger partial charge in [0.2, 0.25) is 0 Å². The van der Waals surface area contributed by atoms with Gasteiger partial charge in [-0.2, -0.15) is 0 Å². The van der Waals surface area contributed by atoms with E-state index in [1.54, 1.807) is 31.2 Å². The van der Waals surface area contributed by atoms with Crippen molar-refractivity contribution in [1.82, 2.24) is 14.5 Å². The zero-order valence-corrected chi connectivity index (χ0v) is 17.1. The molecule has 0 unspecified atom stereocenters. The second-order valence-electron chi connectivity index (χ2n) is 6.59. The molecule has 2 aromatic carbocycles. The van der Waals surface area contributed by atoms with Crippen LogP contribution in [0.3, 0.4) is 0 Å². The Kier molecular flexibility index (Phi) is 4.63. The van der Waals surface area contributed by atoms with Crippen molar-refractivity contribution in [3.8, 4) is 5.69 Å². The monoisotopic (exact) mass is 442 g/mol. The summed E-state index contributed by atoms with van der Waals surface area (Å²) < 4.78 is 30.3. The fraction of sp³-hybridized carbons (Fsp3) is 0.143. The predicted molar refractivity (Wildman–Crippen MR) is 110 cm³/mol. The first kappa shape index (κ1) is 18.6. The van der Waals surface area contributed by atoms with Gasteiger partial charge in [0.1, 0.15) is 23.3 Å². The first-order valence-electron chi connectivity index (χ1n) is 8.69. The molecule has 0 atom stereocenters. The molecular weight excluding hydrogens is 426 g/mol. The number of rotatable bonds is 3. The lowest BCUT2D eigenvalue weighted by Gasteiger charge is -2.11. The average Bonchev–Trinajstić information content (AvgIpc) is 2.89. The van der Waals surface area contributed by atoms with Gasteiger partial charge in [-0.1, -0.05) is 15.9 Å². The van der Waals surface area contributed by atoms with Crippen molar-refractivity contribution in [1.29, 1.82) is 0 Å². The average molecular weight is 443 g/mol. The molecule has 4 nitrogen and oxygen atoms in total. The SMILES string of the molecule is Cc1nc(Nc2ccc(Br)cc2F)c2c(C)c(C)n(-c3ccc(F)cc3)c2n1. The number of halogens is 3. The van der Waals surface area contributed by atoms with E-state index >= 15 is 0 Å². The van der Waals surface area contributed by atoms with E-state index in [0.717, 1.165) is 22.3 Å². The van der Waals surface area contributed by atoms with E-state index in [2.05, 4.69) is 31.2 Å². The molecule has 0 radical (unpaired) electrons. The van der Waals surface area contributed by atoms with Crippen LogP contribution in [0.1, 0.15) is 17.1 Å². The Morgan fingerprint density at radius 2 is 1.68 bits per heavy atom. The van der Waals surface area contributed by atoms with Crippen LogP contribution in [-0.4, -0.2) is 14.5 Å². The topological polar surface area (TPSA) is 42.7 Å². The summed E-state index contributed by atoms with van der Waals surface area (Å²) in [5.74, 6) is 0.401. The first-order chi connectivity index (χ1) is 13.3. The van der Waals surface area contributed by atoms with Crippen LogP contribution in [0, 0.1) is 32.4 Å². The summed E-state index contributed by atoms with van der Waals surface area (Å²) in [6.07, 6.45) is 0. The van der Waals surface area contributed by atoms with Crippen LogP contribution in [0.5, 0.6) is 0 Å². The molecule has 0 fully saturated rings. The van der Waals surface area contributed by atoms with Crippen molar-refractivity contribution >= 4 is 38.5 Å². The van der Waals surface area contributed by atoms with Gasteiger partial charge >= 0.3 is 0 Å². The van der Waals surface area contributed by atoms with Gasteiger partial charge in [-0.25, -0.2) is 18.7 Å². The van der Waals surface area contributed by atoms with Gasteiger partial charge in [-0.3, -0.25) is 4.57 Å². The summed E-state index contributed by atoms with van der Waals surface area (Å²) in [4.78, 5) is 9.12. The number of hydrogen-bond donors (Lipinski definition) is 1. The van der Waals surface area contributed by atoms with Crippen LogP contribution in [0.15, 0.2) is 46.9 Å². The smallest absolute Gasteiger partial charge is 0.150 e. The van der Waals surface area contributed by atoms with E-state index in [0.29, 0.717) is 27.4 Å². The number of benzene rings is 2. The lowest BCUT2D eigenvalue weighted by Crippen LogP contribution is -2.03. The standard InChI is InChI=1S/C21H17BrF2N4/c1-11-12(2)28(16-7-5-15(23)6-8-16)21-19(11)20(25-13(3)26-21)27-18-9-4-14(22)10-17(18)24/h4-10H,1-3H3,(H,25,26,27). The fourth-order valence-corrected chi connectivity index (χ4v) is 3.62. The second kappa shape index (κ2) is 6.98. The Labute approximate surface area is 169 Å². The fourth-order valence-electron chi connectivity index (χ4n) is 3.29. The van der Waals surface area contributed by atoms with Crippen molar-refractivity contribution in [2.75, 3.05) is 5.32 Å². The van der Waals surface area contributed by atoms with Gasteiger partial charge in [-0.05, 0) is 68.8 Å². The predicted octanol–water partition coefficient (Wildman–Crippen LogP) is 6.13. The molecule has 0 aliphatic heterocycles. The minimum atomic E-state index is -0.383. The molecule has 2 aromatic heterocycles. The zero-order valence-electron chi connectivity index (χ0n) is 15.5. The van der Waals surface area contributed by atoms with Crippen LogP contribution < -0.4 is 5.32 Å². The van der Waals surface area contributed by atoms with Crippen LogP contribution in [0.4, 0.5) is 20.3 Å². The van der Waals surface area contributed by atoms with Crippen LogP contribution in [0.2, 0.25) is 0 Å². The summed E-state index contributed by atoms with van der Waals surface area (Å²) in [7, 11) is 0. The molecule has 0 spiro atoms. The van der Waals surface area contributed by atoms with Crippen LogP contribution >= 0.6 is 15.9 Å².